The van der Waals surface area contributed by atoms with Crippen molar-refractivity contribution < 1.29 is 13.7 Å². The molecule has 5 nitrogen and oxygen atoms in total. The Balaban J connectivity index is 1.55. The van der Waals surface area contributed by atoms with Crippen LogP contribution in [0.4, 0.5) is 5.69 Å². The molecule has 1 aromatic carbocycles. The van der Waals surface area contributed by atoms with E-state index < -0.39 is 9.52 Å². The largest absolute Gasteiger partial charge is 0.496 e. The van der Waals surface area contributed by atoms with Crippen molar-refractivity contribution in [2.75, 3.05) is 43.1 Å². The Morgan fingerprint density at radius 3 is 2.63 bits per heavy atom. The highest BCUT2D eigenvalue weighted by atomic mass is 32.2. The number of hydrogen-bond donors (Lipinski definition) is 0. The minimum absolute atomic E-state index is 0.0291. The first kappa shape index (κ1) is 21.2. The zero-order valence-corrected chi connectivity index (χ0v) is 19.3. The van der Waals surface area contributed by atoms with Gasteiger partial charge in [0, 0.05) is 47.6 Å². The average molecular weight is 447 g/mol. The third kappa shape index (κ3) is 4.37. The summed E-state index contributed by atoms with van der Waals surface area (Å²) in [5.74, 6) is 6.06. The van der Waals surface area contributed by atoms with Crippen molar-refractivity contribution in [3.63, 3.8) is 0 Å². The number of carbonyl (C=O) groups excluding carboxylic acids is 1. The van der Waals surface area contributed by atoms with Gasteiger partial charge in [0.15, 0.2) is 0 Å². The number of anilines is 1. The maximum atomic E-state index is 13.4. The van der Waals surface area contributed by atoms with Crippen molar-refractivity contribution >= 4 is 38.3 Å². The standard InChI is InChI=1S/C23H30N2O3S2/c1-17-15-19(6-7-21(17)28-2)24-10-11-25(20(16-24)22-5-4-12-29-22)23(26)18-8-13-30(3,27)14-9-18/h4-7,12,15,18,20H,3,8-11,13-14,16H2,1-2H3. The van der Waals surface area contributed by atoms with Crippen LogP contribution in [0.2, 0.25) is 0 Å². The SMILES string of the molecule is C=S1(=O)CCC(C(=O)N2CCN(c3ccc(OC)c(C)c3)CC2c2cccs2)CC1. The molecule has 0 N–H and O–H groups in total. The van der Waals surface area contributed by atoms with Gasteiger partial charge < -0.3 is 14.5 Å². The number of amides is 1. The molecule has 7 heteroatoms. The number of nitrogens with zero attached hydrogens (tertiary/aromatic N) is 2. The first-order chi connectivity index (χ1) is 14.4. The van der Waals surface area contributed by atoms with Gasteiger partial charge in [0.2, 0.25) is 5.91 Å². The highest BCUT2D eigenvalue weighted by Crippen LogP contribution is 2.35. The zero-order valence-electron chi connectivity index (χ0n) is 17.7. The maximum absolute atomic E-state index is 13.4. The van der Waals surface area contributed by atoms with E-state index >= 15 is 0 Å². The van der Waals surface area contributed by atoms with Gasteiger partial charge in [-0.3, -0.25) is 9.00 Å². The number of carbonyl (C=O) groups is 1. The van der Waals surface area contributed by atoms with Gasteiger partial charge in [0.25, 0.3) is 0 Å². The van der Waals surface area contributed by atoms with Crippen LogP contribution < -0.4 is 9.64 Å². The zero-order chi connectivity index (χ0) is 21.3. The van der Waals surface area contributed by atoms with Crippen LogP contribution in [0.5, 0.6) is 5.75 Å². The summed E-state index contributed by atoms with van der Waals surface area (Å²) in [5, 5.41) is 2.08. The minimum atomic E-state index is -1.98. The van der Waals surface area contributed by atoms with E-state index in [0.717, 1.165) is 30.1 Å². The van der Waals surface area contributed by atoms with E-state index in [9.17, 15) is 9.00 Å². The summed E-state index contributed by atoms with van der Waals surface area (Å²) in [6, 6.07) is 10.5. The summed E-state index contributed by atoms with van der Waals surface area (Å²) < 4.78 is 17.6. The molecule has 3 heterocycles. The lowest BCUT2D eigenvalue weighted by Crippen LogP contribution is -2.52. The van der Waals surface area contributed by atoms with E-state index in [1.165, 1.54) is 4.88 Å². The minimum Gasteiger partial charge on any atom is -0.496 e. The highest BCUT2D eigenvalue weighted by Gasteiger charge is 2.37. The Morgan fingerprint density at radius 2 is 2.00 bits per heavy atom. The lowest BCUT2D eigenvalue weighted by atomic mass is 9.98. The van der Waals surface area contributed by atoms with Crippen LogP contribution in [0.15, 0.2) is 35.7 Å². The molecule has 1 amide bonds. The lowest BCUT2D eigenvalue weighted by molar-refractivity contribution is -0.138. The second-order valence-electron chi connectivity index (χ2n) is 8.31. The molecular weight excluding hydrogens is 416 g/mol. The normalized spacial score (nSPS) is 27.1. The second kappa shape index (κ2) is 8.63. The van der Waals surface area contributed by atoms with Crippen molar-refractivity contribution in [3.05, 3.63) is 46.2 Å². The molecule has 0 radical (unpaired) electrons. The van der Waals surface area contributed by atoms with Crippen LogP contribution in [0.1, 0.15) is 29.3 Å². The maximum Gasteiger partial charge on any atom is 0.226 e. The van der Waals surface area contributed by atoms with Gasteiger partial charge in [-0.05, 0) is 70.4 Å². The van der Waals surface area contributed by atoms with Gasteiger partial charge in [-0.15, -0.1) is 11.3 Å². The summed E-state index contributed by atoms with van der Waals surface area (Å²) in [6.45, 7) is 4.33. The smallest absolute Gasteiger partial charge is 0.226 e. The number of methoxy groups -OCH3 is 1. The molecule has 2 aromatic rings. The van der Waals surface area contributed by atoms with E-state index in [4.69, 9.17) is 4.74 Å². The Labute approximate surface area is 183 Å². The molecule has 2 aliphatic rings. The van der Waals surface area contributed by atoms with Gasteiger partial charge in [-0.1, -0.05) is 6.07 Å². The summed E-state index contributed by atoms with van der Waals surface area (Å²) >= 11 is 1.71. The summed E-state index contributed by atoms with van der Waals surface area (Å²) in [5.41, 5.74) is 2.27. The quantitative estimate of drug-likeness (QED) is 0.674. The van der Waals surface area contributed by atoms with Crippen molar-refractivity contribution in [2.45, 2.75) is 25.8 Å². The van der Waals surface area contributed by atoms with Crippen molar-refractivity contribution in [2.24, 2.45) is 5.92 Å². The van der Waals surface area contributed by atoms with E-state index in [0.29, 0.717) is 30.9 Å². The predicted octanol–water partition coefficient (Wildman–Crippen LogP) is 3.58. The molecule has 162 valence electrons. The monoisotopic (exact) mass is 446 g/mol. The van der Waals surface area contributed by atoms with Crippen molar-refractivity contribution in [1.29, 1.82) is 0 Å². The number of benzene rings is 1. The number of thiophene rings is 1. The Morgan fingerprint density at radius 1 is 1.23 bits per heavy atom. The Bertz CT molecular complexity index is 987. The van der Waals surface area contributed by atoms with Crippen LogP contribution in [-0.4, -0.2) is 59.1 Å². The van der Waals surface area contributed by atoms with Gasteiger partial charge in [-0.2, -0.15) is 0 Å². The summed E-state index contributed by atoms with van der Waals surface area (Å²) in [6.07, 6.45) is 1.38. The summed E-state index contributed by atoms with van der Waals surface area (Å²) in [4.78, 5) is 19.1. The van der Waals surface area contributed by atoms with E-state index in [2.05, 4.69) is 52.2 Å². The van der Waals surface area contributed by atoms with Gasteiger partial charge in [0.1, 0.15) is 5.75 Å². The number of rotatable bonds is 4. The van der Waals surface area contributed by atoms with Gasteiger partial charge in [0.05, 0.1) is 13.2 Å². The van der Waals surface area contributed by atoms with Crippen molar-refractivity contribution in [1.82, 2.24) is 4.90 Å². The van der Waals surface area contributed by atoms with E-state index in [1.807, 2.05) is 6.07 Å². The van der Waals surface area contributed by atoms with Gasteiger partial charge >= 0.3 is 0 Å². The number of ether oxygens (including phenoxy) is 1. The molecule has 1 aromatic heterocycles. The fourth-order valence-corrected chi connectivity index (χ4v) is 6.97. The predicted molar refractivity (Wildman–Crippen MR) is 126 cm³/mol. The van der Waals surface area contributed by atoms with Crippen LogP contribution in [-0.2, 0) is 14.3 Å². The molecule has 2 aliphatic heterocycles. The lowest BCUT2D eigenvalue weighted by Gasteiger charge is -2.44. The number of hydrogen-bond acceptors (Lipinski definition) is 5. The fourth-order valence-electron chi connectivity index (χ4n) is 4.51. The molecule has 2 saturated heterocycles. The van der Waals surface area contributed by atoms with Gasteiger partial charge in [-0.25, -0.2) is 0 Å². The molecule has 0 aliphatic carbocycles. The third-order valence-electron chi connectivity index (χ3n) is 6.30. The van der Waals surface area contributed by atoms with Crippen LogP contribution in [0, 0.1) is 12.8 Å². The topological polar surface area (TPSA) is 49.9 Å². The van der Waals surface area contributed by atoms with Crippen LogP contribution in [0.3, 0.4) is 0 Å². The van der Waals surface area contributed by atoms with Crippen molar-refractivity contribution in [3.8, 4) is 5.75 Å². The average Bonchev–Trinajstić information content (AvgIpc) is 3.27. The molecule has 4 rings (SSSR count). The molecule has 1 unspecified atom stereocenters. The molecule has 1 atom stereocenters. The van der Waals surface area contributed by atoms with Crippen LogP contribution in [0.25, 0.3) is 0 Å². The molecule has 0 bridgehead atoms. The Hall–Kier alpha value is -1.99. The Kier molecular flexibility index (Phi) is 6.11. The molecule has 30 heavy (non-hydrogen) atoms. The molecular formula is C23H30N2O3S2. The molecule has 0 saturated carbocycles. The highest BCUT2D eigenvalue weighted by molar-refractivity contribution is 8.00. The number of piperazine rings is 1. The molecule has 2 fully saturated rings. The summed E-state index contributed by atoms with van der Waals surface area (Å²) in [7, 11) is -0.287. The van der Waals surface area contributed by atoms with E-state index in [-0.39, 0.29) is 17.9 Å². The van der Waals surface area contributed by atoms with Crippen LogP contribution >= 0.6 is 11.3 Å². The third-order valence-corrected chi connectivity index (χ3v) is 9.24. The fraction of sp³-hybridized carbons (Fsp3) is 0.478. The second-order valence-corrected chi connectivity index (χ2v) is 12.0. The molecule has 0 spiro atoms. The number of aryl methyl sites for hydroxylation is 1. The first-order valence-corrected chi connectivity index (χ1v) is 13.4. The first-order valence-electron chi connectivity index (χ1n) is 10.4. The van der Waals surface area contributed by atoms with E-state index in [1.54, 1.807) is 18.4 Å².